The lowest BCUT2D eigenvalue weighted by molar-refractivity contribution is -0.156. The summed E-state index contributed by atoms with van der Waals surface area (Å²) in [6.07, 6.45) is 2.14. The van der Waals surface area contributed by atoms with Crippen molar-refractivity contribution in [2.45, 2.75) is 19.3 Å². The number of nitrogens with zero attached hydrogens (tertiary/aromatic N) is 1. The molecule has 0 N–H and O–H groups in total. The largest absolute Gasteiger partial charge is 0.468 e. The predicted molar refractivity (Wildman–Crippen MR) is 79.1 cm³/mol. The van der Waals surface area contributed by atoms with Crippen LogP contribution in [-0.2, 0) is 14.3 Å². The number of methoxy groups -OCH3 is 1. The van der Waals surface area contributed by atoms with Crippen LogP contribution in [0.25, 0.3) is 0 Å². The Bertz CT molecular complexity index is 606. The van der Waals surface area contributed by atoms with Crippen molar-refractivity contribution in [1.82, 2.24) is 4.90 Å². The van der Waals surface area contributed by atoms with Crippen LogP contribution in [-0.4, -0.2) is 42.8 Å². The fourth-order valence-corrected chi connectivity index (χ4v) is 3.32. The molecule has 1 aromatic rings. The molecule has 2 aliphatic rings. The van der Waals surface area contributed by atoms with Crippen LogP contribution in [0.4, 0.5) is 0 Å². The molecule has 5 heteroatoms. The van der Waals surface area contributed by atoms with E-state index in [1.54, 1.807) is 29.2 Å². The number of hydrogen-bond donors (Lipinski definition) is 0. The third-order valence-corrected chi connectivity index (χ3v) is 4.66. The summed E-state index contributed by atoms with van der Waals surface area (Å²) in [5.74, 6) is -1.58. The molecule has 1 aliphatic heterocycles. The number of carbonyl (C=O) groups excluding carboxylic acids is 3. The van der Waals surface area contributed by atoms with E-state index in [0.717, 1.165) is 12.8 Å². The first kappa shape index (κ1) is 14.8. The number of ether oxygens (including phenoxy) is 1. The maximum absolute atomic E-state index is 12.7. The van der Waals surface area contributed by atoms with Crippen LogP contribution in [0.3, 0.4) is 0 Å². The van der Waals surface area contributed by atoms with E-state index in [2.05, 4.69) is 0 Å². The van der Waals surface area contributed by atoms with Crippen LogP contribution in [0, 0.1) is 11.3 Å². The Morgan fingerprint density at radius 1 is 1.14 bits per heavy atom. The smallest absolute Gasteiger partial charge is 0.322 e. The molecular formula is C17H19NO4. The molecule has 1 aliphatic carbocycles. The first-order chi connectivity index (χ1) is 10.6. The Kier molecular flexibility index (Phi) is 3.72. The van der Waals surface area contributed by atoms with E-state index in [1.807, 2.05) is 6.07 Å². The van der Waals surface area contributed by atoms with Crippen molar-refractivity contribution in [3.05, 3.63) is 35.9 Å². The van der Waals surface area contributed by atoms with Crippen molar-refractivity contribution in [2.75, 3.05) is 20.2 Å². The van der Waals surface area contributed by atoms with Gasteiger partial charge in [-0.15, -0.1) is 0 Å². The zero-order valence-electron chi connectivity index (χ0n) is 12.6. The lowest BCUT2D eigenvalue weighted by Gasteiger charge is -2.22. The number of Topliss-reactive ketones (excluding diaryl/α,β-unsaturated/α-hetero) is 1. The van der Waals surface area contributed by atoms with Gasteiger partial charge in [-0.2, -0.15) is 0 Å². The van der Waals surface area contributed by atoms with Gasteiger partial charge in [-0.25, -0.2) is 0 Å². The molecule has 1 heterocycles. The summed E-state index contributed by atoms with van der Waals surface area (Å²) in [5, 5.41) is 0. The molecule has 1 amide bonds. The fourth-order valence-electron chi connectivity index (χ4n) is 3.32. The zero-order valence-corrected chi connectivity index (χ0v) is 12.6. The third kappa shape index (κ3) is 2.21. The van der Waals surface area contributed by atoms with Crippen LogP contribution in [0.2, 0.25) is 0 Å². The van der Waals surface area contributed by atoms with Gasteiger partial charge < -0.3 is 9.64 Å². The lowest BCUT2D eigenvalue weighted by Crippen LogP contribution is -2.41. The number of likely N-dealkylation sites (tertiary alicyclic amines) is 1. The van der Waals surface area contributed by atoms with Crippen LogP contribution in [0.5, 0.6) is 0 Å². The Morgan fingerprint density at radius 3 is 2.36 bits per heavy atom. The molecule has 0 radical (unpaired) electrons. The average molecular weight is 301 g/mol. The summed E-state index contributed by atoms with van der Waals surface area (Å²) in [7, 11) is 1.27. The fraction of sp³-hybridized carbons (Fsp3) is 0.471. The molecule has 0 unspecified atom stereocenters. The molecular weight excluding hydrogens is 282 g/mol. The maximum Gasteiger partial charge on any atom is 0.322 e. The summed E-state index contributed by atoms with van der Waals surface area (Å²) in [6.45, 7) is 1.31. The molecule has 22 heavy (non-hydrogen) atoms. The van der Waals surface area contributed by atoms with Crippen LogP contribution in [0.1, 0.15) is 29.6 Å². The van der Waals surface area contributed by atoms with Gasteiger partial charge in [-0.1, -0.05) is 30.3 Å². The van der Waals surface area contributed by atoms with E-state index in [0.29, 0.717) is 18.7 Å². The number of amides is 1. The van der Waals surface area contributed by atoms with Crippen molar-refractivity contribution in [3.63, 3.8) is 0 Å². The second-order valence-corrected chi connectivity index (χ2v) is 5.95. The average Bonchev–Trinajstić information content (AvgIpc) is 3.08. The zero-order chi connectivity index (χ0) is 15.7. The summed E-state index contributed by atoms with van der Waals surface area (Å²) < 4.78 is 4.84. The van der Waals surface area contributed by atoms with E-state index in [-0.39, 0.29) is 18.1 Å². The summed E-state index contributed by atoms with van der Waals surface area (Å²) in [6, 6.07) is 8.80. The number of hydrogen-bond acceptors (Lipinski definition) is 4. The Hall–Kier alpha value is -2.17. The Labute approximate surface area is 129 Å². The summed E-state index contributed by atoms with van der Waals surface area (Å²) in [5.41, 5.74) is -0.765. The molecule has 2 atom stereocenters. The molecule has 1 saturated heterocycles. The number of carbonyl (C=O) groups is 3. The maximum atomic E-state index is 12.7. The van der Waals surface area contributed by atoms with Crippen LogP contribution < -0.4 is 0 Å². The van der Waals surface area contributed by atoms with E-state index < -0.39 is 17.3 Å². The van der Waals surface area contributed by atoms with Gasteiger partial charge in [-0.3, -0.25) is 14.4 Å². The highest BCUT2D eigenvalue weighted by Gasteiger charge is 2.70. The van der Waals surface area contributed by atoms with Gasteiger partial charge in [0.05, 0.1) is 7.11 Å². The molecule has 1 saturated carbocycles. The standard InChI is InChI=1S/C17H19NO4/c1-22-16(21)17(15(20)18-9-5-6-10-18)11-13(17)14(19)12-7-3-2-4-8-12/h2-4,7-8,13H,5-6,9-11H2,1H3/t13-,17+/m0/s1. The predicted octanol–water partition coefficient (Wildman–Crippen LogP) is 1.67. The van der Waals surface area contributed by atoms with Gasteiger partial charge in [0, 0.05) is 24.6 Å². The van der Waals surface area contributed by atoms with Gasteiger partial charge in [0.15, 0.2) is 11.2 Å². The minimum absolute atomic E-state index is 0.154. The van der Waals surface area contributed by atoms with E-state index in [1.165, 1.54) is 7.11 Å². The van der Waals surface area contributed by atoms with Crippen molar-refractivity contribution >= 4 is 17.7 Å². The van der Waals surface area contributed by atoms with E-state index in [9.17, 15) is 14.4 Å². The van der Waals surface area contributed by atoms with Crippen LogP contribution in [0.15, 0.2) is 30.3 Å². The summed E-state index contributed by atoms with van der Waals surface area (Å²) >= 11 is 0. The van der Waals surface area contributed by atoms with Gasteiger partial charge in [-0.05, 0) is 19.3 Å². The molecule has 1 aromatic carbocycles. The van der Waals surface area contributed by atoms with Gasteiger partial charge in [0.1, 0.15) is 0 Å². The van der Waals surface area contributed by atoms with Gasteiger partial charge in [0.25, 0.3) is 0 Å². The lowest BCUT2D eigenvalue weighted by atomic mass is 9.96. The second kappa shape index (κ2) is 5.55. The topological polar surface area (TPSA) is 63.7 Å². The highest BCUT2D eigenvalue weighted by Crippen LogP contribution is 2.56. The third-order valence-electron chi connectivity index (χ3n) is 4.66. The molecule has 5 nitrogen and oxygen atoms in total. The first-order valence-electron chi connectivity index (χ1n) is 7.58. The van der Waals surface area contributed by atoms with Crippen molar-refractivity contribution in [2.24, 2.45) is 11.3 Å². The van der Waals surface area contributed by atoms with Crippen molar-refractivity contribution in [1.29, 1.82) is 0 Å². The Morgan fingerprint density at radius 2 is 1.77 bits per heavy atom. The monoisotopic (exact) mass is 301 g/mol. The normalized spacial score (nSPS) is 26.6. The quantitative estimate of drug-likeness (QED) is 0.482. The minimum atomic E-state index is -1.30. The molecule has 116 valence electrons. The number of esters is 1. The van der Waals surface area contributed by atoms with Crippen molar-refractivity contribution < 1.29 is 19.1 Å². The molecule has 0 spiro atoms. The van der Waals surface area contributed by atoms with Crippen molar-refractivity contribution in [3.8, 4) is 0 Å². The number of rotatable bonds is 4. The van der Waals surface area contributed by atoms with E-state index >= 15 is 0 Å². The highest BCUT2D eigenvalue weighted by molar-refractivity contribution is 6.15. The molecule has 2 fully saturated rings. The molecule has 0 bridgehead atoms. The highest BCUT2D eigenvalue weighted by atomic mass is 16.5. The van der Waals surface area contributed by atoms with E-state index in [4.69, 9.17) is 4.74 Å². The van der Waals surface area contributed by atoms with Crippen LogP contribution >= 0.6 is 0 Å². The molecule has 0 aromatic heterocycles. The van der Waals surface area contributed by atoms with Gasteiger partial charge >= 0.3 is 5.97 Å². The Balaban J connectivity index is 1.86. The second-order valence-electron chi connectivity index (χ2n) is 5.95. The number of ketones is 1. The SMILES string of the molecule is COC(=O)[C@]1(C(=O)N2CCCC2)C[C@H]1C(=O)c1ccccc1. The molecule has 3 rings (SSSR count). The van der Waals surface area contributed by atoms with Gasteiger partial charge in [0.2, 0.25) is 5.91 Å². The number of benzene rings is 1. The minimum Gasteiger partial charge on any atom is -0.468 e. The first-order valence-corrected chi connectivity index (χ1v) is 7.58. The summed E-state index contributed by atoms with van der Waals surface area (Å²) in [4.78, 5) is 39.2.